The number of nitrogens with zero attached hydrogens (tertiary/aromatic N) is 1. The monoisotopic (exact) mass is 395 g/mol. The van der Waals surface area contributed by atoms with Crippen LogP contribution < -0.4 is 20.1 Å². The number of hydrogen-bond acceptors (Lipinski definition) is 4. The summed E-state index contributed by atoms with van der Waals surface area (Å²) in [4.78, 5) is 14.8. The summed E-state index contributed by atoms with van der Waals surface area (Å²) in [6.45, 7) is 7.13. The number of rotatable bonds is 5. The molecule has 0 radical (unpaired) electrons. The molecular formula is C23H29N3O3. The van der Waals surface area contributed by atoms with Gasteiger partial charge in [-0.15, -0.1) is 0 Å². The van der Waals surface area contributed by atoms with E-state index in [4.69, 9.17) is 9.47 Å². The molecule has 0 spiro atoms. The van der Waals surface area contributed by atoms with E-state index in [0.717, 1.165) is 38.2 Å². The number of piperidine rings is 1. The van der Waals surface area contributed by atoms with Crippen LogP contribution in [0.1, 0.15) is 24.0 Å². The molecule has 2 aliphatic rings. The van der Waals surface area contributed by atoms with Crippen LogP contribution in [-0.4, -0.2) is 43.8 Å². The maximum atomic E-state index is 12.3. The SMILES string of the molecule is Cc1ccccc1CN1CCC(CNC(=O)Nc2ccc3c(c2)OCCO3)CC1. The van der Waals surface area contributed by atoms with Crippen molar-refractivity contribution in [2.24, 2.45) is 5.92 Å². The molecule has 2 N–H and O–H groups in total. The Morgan fingerprint density at radius 2 is 1.83 bits per heavy atom. The van der Waals surface area contributed by atoms with E-state index in [-0.39, 0.29) is 6.03 Å². The van der Waals surface area contributed by atoms with Gasteiger partial charge in [0, 0.05) is 24.8 Å². The lowest BCUT2D eigenvalue weighted by Crippen LogP contribution is -2.39. The number of urea groups is 1. The van der Waals surface area contributed by atoms with Crippen LogP contribution in [0.5, 0.6) is 11.5 Å². The second-order valence-corrected chi connectivity index (χ2v) is 7.84. The van der Waals surface area contributed by atoms with Crippen LogP contribution in [0.4, 0.5) is 10.5 Å². The maximum Gasteiger partial charge on any atom is 0.319 e. The highest BCUT2D eigenvalue weighted by molar-refractivity contribution is 5.89. The Labute approximate surface area is 172 Å². The third-order valence-electron chi connectivity index (χ3n) is 5.71. The number of aryl methyl sites for hydroxylation is 1. The molecule has 0 saturated carbocycles. The van der Waals surface area contributed by atoms with Crippen molar-refractivity contribution >= 4 is 11.7 Å². The van der Waals surface area contributed by atoms with Gasteiger partial charge in [0.25, 0.3) is 0 Å². The minimum atomic E-state index is -0.177. The van der Waals surface area contributed by atoms with Crippen LogP contribution >= 0.6 is 0 Å². The molecule has 1 fully saturated rings. The van der Waals surface area contributed by atoms with Crippen LogP contribution in [0.15, 0.2) is 42.5 Å². The van der Waals surface area contributed by atoms with Gasteiger partial charge in [0.2, 0.25) is 0 Å². The maximum absolute atomic E-state index is 12.3. The zero-order valence-electron chi connectivity index (χ0n) is 16.9. The minimum Gasteiger partial charge on any atom is -0.486 e. The lowest BCUT2D eigenvalue weighted by molar-refractivity contribution is 0.171. The van der Waals surface area contributed by atoms with E-state index in [1.807, 2.05) is 12.1 Å². The molecule has 2 heterocycles. The highest BCUT2D eigenvalue weighted by Crippen LogP contribution is 2.32. The van der Waals surface area contributed by atoms with Gasteiger partial charge in [0.15, 0.2) is 11.5 Å². The predicted molar refractivity (Wildman–Crippen MR) is 114 cm³/mol. The lowest BCUT2D eigenvalue weighted by Gasteiger charge is -2.32. The summed E-state index contributed by atoms with van der Waals surface area (Å²) in [5.74, 6) is 1.92. The summed E-state index contributed by atoms with van der Waals surface area (Å²) in [7, 11) is 0. The third-order valence-corrected chi connectivity index (χ3v) is 5.71. The molecule has 2 aromatic carbocycles. The van der Waals surface area contributed by atoms with Crippen molar-refractivity contribution in [3.8, 4) is 11.5 Å². The Kier molecular flexibility index (Phi) is 6.20. The van der Waals surface area contributed by atoms with Gasteiger partial charge in [-0.05, 0) is 62.0 Å². The van der Waals surface area contributed by atoms with Crippen molar-refractivity contribution in [1.29, 1.82) is 0 Å². The molecule has 0 aromatic heterocycles. The first-order valence-corrected chi connectivity index (χ1v) is 10.4. The van der Waals surface area contributed by atoms with E-state index in [1.54, 1.807) is 6.07 Å². The summed E-state index contributed by atoms with van der Waals surface area (Å²) in [6.07, 6.45) is 2.21. The number of fused-ring (bicyclic) bond motifs is 1. The van der Waals surface area contributed by atoms with Crippen molar-refractivity contribution < 1.29 is 14.3 Å². The molecule has 0 unspecified atom stereocenters. The van der Waals surface area contributed by atoms with E-state index in [2.05, 4.69) is 46.7 Å². The molecule has 2 amide bonds. The number of likely N-dealkylation sites (tertiary alicyclic amines) is 1. The largest absolute Gasteiger partial charge is 0.486 e. The first-order valence-electron chi connectivity index (χ1n) is 10.4. The van der Waals surface area contributed by atoms with E-state index in [1.165, 1.54) is 11.1 Å². The van der Waals surface area contributed by atoms with Crippen molar-refractivity contribution in [1.82, 2.24) is 10.2 Å². The Morgan fingerprint density at radius 1 is 1.07 bits per heavy atom. The Morgan fingerprint density at radius 3 is 2.62 bits per heavy atom. The fraction of sp³-hybridized carbons (Fsp3) is 0.435. The van der Waals surface area contributed by atoms with Crippen LogP contribution in [0.3, 0.4) is 0 Å². The van der Waals surface area contributed by atoms with Crippen LogP contribution in [0.25, 0.3) is 0 Å². The van der Waals surface area contributed by atoms with Crippen LogP contribution in [0, 0.1) is 12.8 Å². The second kappa shape index (κ2) is 9.18. The Bertz CT molecular complexity index is 847. The van der Waals surface area contributed by atoms with Crippen molar-refractivity contribution in [2.75, 3.05) is 38.2 Å². The highest BCUT2D eigenvalue weighted by atomic mass is 16.6. The number of amides is 2. The number of carbonyl (C=O) groups is 1. The molecular weight excluding hydrogens is 366 g/mol. The van der Waals surface area contributed by atoms with Crippen LogP contribution in [-0.2, 0) is 6.54 Å². The van der Waals surface area contributed by atoms with Gasteiger partial charge in [0.1, 0.15) is 13.2 Å². The van der Waals surface area contributed by atoms with E-state index in [9.17, 15) is 4.79 Å². The predicted octanol–water partition coefficient (Wildman–Crippen LogP) is 3.80. The van der Waals surface area contributed by atoms with Crippen LogP contribution in [0.2, 0.25) is 0 Å². The average Bonchev–Trinajstić information content (AvgIpc) is 2.75. The Balaban J connectivity index is 1.19. The average molecular weight is 396 g/mol. The molecule has 6 nitrogen and oxygen atoms in total. The topological polar surface area (TPSA) is 62.8 Å². The molecule has 0 bridgehead atoms. The number of hydrogen-bond donors (Lipinski definition) is 2. The van der Waals surface area contributed by atoms with Crippen molar-refractivity contribution in [3.63, 3.8) is 0 Å². The van der Waals surface area contributed by atoms with E-state index < -0.39 is 0 Å². The van der Waals surface area contributed by atoms with Gasteiger partial charge < -0.3 is 20.1 Å². The van der Waals surface area contributed by atoms with E-state index >= 15 is 0 Å². The highest BCUT2D eigenvalue weighted by Gasteiger charge is 2.20. The zero-order chi connectivity index (χ0) is 20.1. The summed E-state index contributed by atoms with van der Waals surface area (Å²) in [5, 5.41) is 5.90. The van der Waals surface area contributed by atoms with Gasteiger partial charge in [-0.3, -0.25) is 4.90 Å². The lowest BCUT2D eigenvalue weighted by atomic mass is 9.96. The standard InChI is InChI=1S/C23H29N3O3/c1-17-4-2-3-5-19(17)16-26-10-8-18(9-11-26)15-24-23(27)25-20-6-7-21-22(14-20)29-13-12-28-21/h2-7,14,18H,8-13,15-16H2,1H3,(H2,24,25,27). The number of anilines is 1. The molecule has 2 aromatic rings. The normalized spacial score (nSPS) is 17.0. The number of benzene rings is 2. The van der Waals surface area contributed by atoms with Gasteiger partial charge in [-0.2, -0.15) is 0 Å². The van der Waals surface area contributed by atoms with Gasteiger partial charge in [-0.1, -0.05) is 24.3 Å². The fourth-order valence-corrected chi connectivity index (χ4v) is 3.91. The smallest absolute Gasteiger partial charge is 0.319 e. The van der Waals surface area contributed by atoms with Gasteiger partial charge >= 0.3 is 6.03 Å². The first kappa shape index (κ1) is 19.6. The summed E-state index contributed by atoms with van der Waals surface area (Å²) in [6, 6.07) is 13.9. The third kappa shape index (κ3) is 5.21. The van der Waals surface area contributed by atoms with Gasteiger partial charge in [0.05, 0.1) is 0 Å². The molecule has 6 heteroatoms. The van der Waals surface area contributed by atoms with Crippen molar-refractivity contribution in [2.45, 2.75) is 26.3 Å². The van der Waals surface area contributed by atoms with E-state index in [0.29, 0.717) is 37.1 Å². The summed E-state index contributed by atoms with van der Waals surface area (Å²) < 4.78 is 11.1. The quantitative estimate of drug-likeness (QED) is 0.808. The molecule has 2 aliphatic heterocycles. The van der Waals surface area contributed by atoms with Gasteiger partial charge in [-0.25, -0.2) is 4.79 Å². The molecule has 0 atom stereocenters. The minimum absolute atomic E-state index is 0.177. The molecule has 1 saturated heterocycles. The second-order valence-electron chi connectivity index (χ2n) is 7.84. The van der Waals surface area contributed by atoms with Crippen molar-refractivity contribution in [3.05, 3.63) is 53.6 Å². The summed E-state index contributed by atoms with van der Waals surface area (Å²) >= 11 is 0. The number of nitrogens with one attached hydrogen (secondary N) is 2. The molecule has 29 heavy (non-hydrogen) atoms. The Hall–Kier alpha value is -2.73. The molecule has 4 rings (SSSR count). The number of ether oxygens (including phenoxy) is 2. The zero-order valence-corrected chi connectivity index (χ0v) is 16.9. The summed E-state index contributed by atoms with van der Waals surface area (Å²) in [5.41, 5.74) is 3.47. The molecule has 154 valence electrons. The number of carbonyl (C=O) groups excluding carboxylic acids is 1. The first-order chi connectivity index (χ1) is 14.2. The fourth-order valence-electron chi connectivity index (χ4n) is 3.91. The molecule has 0 aliphatic carbocycles.